The van der Waals surface area contributed by atoms with Crippen molar-refractivity contribution in [3.8, 4) is 0 Å². The van der Waals surface area contributed by atoms with Crippen LogP contribution in [0.1, 0.15) is 42.9 Å². The van der Waals surface area contributed by atoms with Crippen LogP contribution in [0.5, 0.6) is 0 Å². The van der Waals surface area contributed by atoms with Gasteiger partial charge in [-0.1, -0.05) is 84.9 Å². The van der Waals surface area contributed by atoms with Crippen LogP contribution in [-0.4, -0.2) is 49.4 Å². The summed E-state index contributed by atoms with van der Waals surface area (Å²) >= 11 is 0. The quantitative estimate of drug-likeness (QED) is 0.201. The second-order valence-corrected chi connectivity index (χ2v) is 9.26. The number of hydrogen-bond acceptors (Lipinski definition) is 8. The van der Waals surface area contributed by atoms with Gasteiger partial charge in [-0.05, 0) is 36.4 Å². The van der Waals surface area contributed by atoms with Crippen LogP contribution in [0.3, 0.4) is 0 Å². The molecule has 0 saturated carbocycles. The number of carbonyl (C=O) groups excluding carboxylic acids is 3. The number of esters is 3. The van der Waals surface area contributed by atoms with E-state index in [1.54, 1.807) is 91.0 Å². The van der Waals surface area contributed by atoms with E-state index in [1.165, 1.54) is 0 Å². The maximum atomic E-state index is 13.2. The topological polar surface area (TPSA) is 97.4 Å². The van der Waals surface area contributed by atoms with E-state index < -0.39 is 42.5 Å². The fourth-order valence-electron chi connectivity index (χ4n) is 4.33. The van der Waals surface area contributed by atoms with Crippen LogP contribution in [0.2, 0.25) is 0 Å². The minimum Gasteiger partial charge on any atom is -0.458 e. The Bertz CT molecular complexity index is 1430. The summed E-state index contributed by atoms with van der Waals surface area (Å²) in [6.45, 7) is -0.396. The number of carbonyl (C=O) groups is 3. The molecule has 8 nitrogen and oxygen atoms in total. The van der Waals surface area contributed by atoms with Crippen LogP contribution >= 0.6 is 0 Å². The summed E-state index contributed by atoms with van der Waals surface area (Å²) < 4.78 is 29.5. The van der Waals surface area contributed by atoms with Gasteiger partial charge in [0, 0.05) is 5.56 Å². The van der Waals surface area contributed by atoms with Gasteiger partial charge in [-0.3, -0.25) is 0 Å². The highest BCUT2D eigenvalue weighted by Gasteiger charge is 2.43. The molecule has 41 heavy (non-hydrogen) atoms. The second kappa shape index (κ2) is 13.5. The summed E-state index contributed by atoms with van der Waals surface area (Å²) in [6.07, 6.45) is -3.99. The van der Waals surface area contributed by atoms with Gasteiger partial charge in [0.25, 0.3) is 0 Å². The summed E-state index contributed by atoms with van der Waals surface area (Å²) in [5, 5.41) is 0. The first-order valence-corrected chi connectivity index (χ1v) is 13.1. The van der Waals surface area contributed by atoms with Gasteiger partial charge in [0.15, 0.2) is 18.5 Å². The summed E-state index contributed by atoms with van der Waals surface area (Å²) in [5.41, 5.74) is 1.70. The Labute approximate surface area is 237 Å². The Morgan fingerprint density at radius 3 is 1.71 bits per heavy atom. The van der Waals surface area contributed by atoms with Crippen molar-refractivity contribution in [3.05, 3.63) is 144 Å². The van der Waals surface area contributed by atoms with Gasteiger partial charge in [0.1, 0.15) is 12.7 Å². The maximum Gasteiger partial charge on any atom is 0.338 e. The fraction of sp³-hybridized carbons (Fsp3) is 0.182. The molecule has 5 rings (SSSR count). The number of hydrogen-bond donors (Lipinski definition) is 0. The Morgan fingerprint density at radius 2 is 1.15 bits per heavy atom. The number of ether oxygens (including phenoxy) is 5. The molecule has 1 fully saturated rings. The molecule has 1 aliphatic heterocycles. The SMILES string of the molecule is O=C(OC[C@H](OC(=O)c1ccccc1)[C@@H]1O[C@H](c2ccccc2)OC[C@@H]1OC(=O)c1ccccc1)c1ccccc1. The van der Waals surface area contributed by atoms with E-state index in [0.717, 1.165) is 5.56 Å². The van der Waals surface area contributed by atoms with Crippen LogP contribution < -0.4 is 0 Å². The first-order valence-electron chi connectivity index (χ1n) is 13.1. The van der Waals surface area contributed by atoms with E-state index >= 15 is 0 Å². The highest BCUT2D eigenvalue weighted by atomic mass is 16.7. The molecule has 4 atom stereocenters. The Hall–Kier alpha value is -4.79. The zero-order valence-corrected chi connectivity index (χ0v) is 22.0. The number of rotatable bonds is 9. The predicted molar refractivity (Wildman–Crippen MR) is 148 cm³/mol. The summed E-state index contributed by atoms with van der Waals surface area (Å²) in [4.78, 5) is 39.0. The second-order valence-electron chi connectivity index (χ2n) is 9.26. The number of benzene rings is 4. The average Bonchev–Trinajstić information content (AvgIpc) is 3.04. The molecule has 1 heterocycles. The lowest BCUT2D eigenvalue weighted by Gasteiger charge is -2.39. The molecule has 0 unspecified atom stereocenters. The van der Waals surface area contributed by atoms with Crippen LogP contribution in [0.25, 0.3) is 0 Å². The monoisotopic (exact) mass is 552 g/mol. The third-order valence-corrected chi connectivity index (χ3v) is 6.42. The molecule has 0 bridgehead atoms. The lowest BCUT2D eigenvalue weighted by molar-refractivity contribution is -0.276. The molecule has 0 N–H and O–H groups in total. The van der Waals surface area contributed by atoms with Gasteiger partial charge in [-0.25, -0.2) is 14.4 Å². The zero-order chi connectivity index (χ0) is 28.4. The lowest BCUT2D eigenvalue weighted by atomic mass is 10.1. The van der Waals surface area contributed by atoms with E-state index in [0.29, 0.717) is 16.7 Å². The van der Waals surface area contributed by atoms with Gasteiger partial charge in [0.05, 0.1) is 23.3 Å². The van der Waals surface area contributed by atoms with Crippen LogP contribution in [0, 0.1) is 0 Å². The third-order valence-electron chi connectivity index (χ3n) is 6.42. The lowest BCUT2D eigenvalue weighted by Crippen LogP contribution is -2.52. The first-order chi connectivity index (χ1) is 20.1. The molecule has 8 heteroatoms. The molecule has 0 spiro atoms. The average molecular weight is 553 g/mol. The van der Waals surface area contributed by atoms with Gasteiger partial charge < -0.3 is 23.7 Å². The largest absolute Gasteiger partial charge is 0.458 e. The zero-order valence-electron chi connectivity index (χ0n) is 22.0. The van der Waals surface area contributed by atoms with E-state index in [2.05, 4.69) is 0 Å². The van der Waals surface area contributed by atoms with Crippen molar-refractivity contribution in [3.63, 3.8) is 0 Å². The normalized spacial score (nSPS) is 19.0. The highest BCUT2D eigenvalue weighted by Crippen LogP contribution is 2.31. The highest BCUT2D eigenvalue weighted by molar-refractivity contribution is 5.90. The molecular formula is C33H28O8. The molecule has 0 amide bonds. The Morgan fingerprint density at radius 1 is 0.659 bits per heavy atom. The summed E-state index contributed by atoms with van der Waals surface area (Å²) in [5.74, 6) is -1.85. The Balaban J connectivity index is 1.43. The van der Waals surface area contributed by atoms with Crippen LogP contribution in [-0.2, 0) is 23.7 Å². The molecule has 4 aromatic carbocycles. The molecule has 0 aromatic heterocycles. The summed E-state index contributed by atoms with van der Waals surface area (Å²) in [7, 11) is 0. The molecule has 4 aromatic rings. The van der Waals surface area contributed by atoms with Gasteiger partial charge in [-0.15, -0.1) is 0 Å². The van der Waals surface area contributed by atoms with Crippen LogP contribution in [0.15, 0.2) is 121 Å². The van der Waals surface area contributed by atoms with Crippen molar-refractivity contribution in [1.82, 2.24) is 0 Å². The molecule has 1 saturated heterocycles. The predicted octanol–water partition coefficient (Wildman–Crippen LogP) is 5.41. The van der Waals surface area contributed by atoms with Crippen molar-refractivity contribution in [2.45, 2.75) is 24.6 Å². The standard InChI is InChI=1S/C33H28O8/c34-30(23-13-5-1-6-14-23)37-21-27(39-31(35)24-15-7-2-8-16-24)29-28(40-32(36)25-17-9-3-10-18-25)22-38-33(41-29)26-19-11-4-12-20-26/h1-20,27-29,33H,21-22H2/t27-,28-,29-,33+/m0/s1. The van der Waals surface area contributed by atoms with E-state index in [9.17, 15) is 14.4 Å². The van der Waals surface area contributed by atoms with E-state index in [-0.39, 0.29) is 13.2 Å². The first kappa shape index (κ1) is 27.8. The van der Waals surface area contributed by atoms with E-state index in [1.807, 2.05) is 30.3 Å². The van der Waals surface area contributed by atoms with Crippen LogP contribution in [0.4, 0.5) is 0 Å². The van der Waals surface area contributed by atoms with E-state index in [4.69, 9.17) is 23.7 Å². The molecule has 0 radical (unpaired) electrons. The fourth-order valence-corrected chi connectivity index (χ4v) is 4.33. The van der Waals surface area contributed by atoms with Crippen molar-refractivity contribution in [1.29, 1.82) is 0 Å². The van der Waals surface area contributed by atoms with Gasteiger partial charge in [0.2, 0.25) is 0 Å². The minimum atomic E-state index is -1.14. The van der Waals surface area contributed by atoms with Crippen molar-refractivity contribution >= 4 is 17.9 Å². The molecule has 208 valence electrons. The van der Waals surface area contributed by atoms with Gasteiger partial charge in [-0.2, -0.15) is 0 Å². The third kappa shape index (κ3) is 7.25. The minimum absolute atomic E-state index is 0.0468. The Kier molecular flexibility index (Phi) is 9.15. The smallest absolute Gasteiger partial charge is 0.338 e. The van der Waals surface area contributed by atoms with Crippen molar-refractivity contribution in [2.75, 3.05) is 13.2 Å². The molecule has 0 aliphatic carbocycles. The maximum absolute atomic E-state index is 13.2. The molecule has 1 aliphatic rings. The van der Waals surface area contributed by atoms with Crippen molar-refractivity contribution < 1.29 is 38.1 Å². The summed E-state index contributed by atoms with van der Waals surface area (Å²) in [6, 6.07) is 34.6. The molecular weight excluding hydrogens is 524 g/mol. The van der Waals surface area contributed by atoms with Crippen molar-refractivity contribution in [2.24, 2.45) is 0 Å². The van der Waals surface area contributed by atoms with Gasteiger partial charge >= 0.3 is 17.9 Å².